The van der Waals surface area contributed by atoms with Gasteiger partial charge in [0, 0.05) is 12.6 Å². The first-order valence-corrected chi connectivity index (χ1v) is 6.74. The molecule has 0 fully saturated rings. The molecule has 1 aromatic carbocycles. The summed E-state index contributed by atoms with van der Waals surface area (Å²) in [5, 5.41) is 3.07. The number of nitrogens with two attached hydrogens (primary N) is 2. The average molecular weight is 280 g/mol. The molecule has 2 unspecified atom stereocenters. The van der Waals surface area contributed by atoms with Crippen LogP contribution in [0.2, 0.25) is 0 Å². The number of rotatable bonds is 7. The molecule has 0 aromatic heterocycles. The quantitative estimate of drug-likeness (QED) is 0.408. The molecule has 104 valence electrons. The molecule has 2 atom stereocenters. The van der Waals surface area contributed by atoms with E-state index in [1.54, 1.807) is 0 Å². The molecular weight excluding hydrogens is 258 g/mol. The number of likely N-dealkylation sites (N-methyl/N-ethyl adjacent to an activating group) is 1. The Balaban J connectivity index is 2.88. The Hall–Kier alpha value is -1.13. The smallest absolute Gasteiger partial charge is 0.106 e. The Labute approximate surface area is 120 Å². The first kappa shape index (κ1) is 15.9. The van der Waals surface area contributed by atoms with E-state index in [2.05, 4.69) is 18.0 Å². The van der Waals surface area contributed by atoms with Crippen molar-refractivity contribution < 1.29 is 0 Å². The Morgan fingerprint density at radius 3 is 2.53 bits per heavy atom. The highest BCUT2D eigenvalue weighted by Gasteiger charge is 2.14. The van der Waals surface area contributed by atoms with Crippen molar-refractivity contribution in [3.8, 4) is 0 Å². The SMILES string of the molecule is C=C/C(=C\CNC)CC(N)c1ccccc1C(N)Cl. The molecule has 0 amide bonds. The van der Waals surface area contributed by atoms with Gasteiger partial charge in [0.05, 0.1) is 0 Å². The molecular formula is C15H22ClN3. The molecule has 0 aliphatic rings. The molecule has 1 rings (SSSR count). The van der Waals surface area contributed by atoms with E-state index in [9.17, 15) is 0 Å². The van der Waals surface area contributed by atoms with E-state index in [0.29, 0.717) is 6.42 Å². The predicted octanol–water partition coefficient (Wildman–Crippen LogP) is 2.60. The number of alkyl halides is 1. The molecule has 5 N–H and O–H groups in total. The fourth-order valence-electron chi connectivity index (χ4n) is 1.95. The predicted molar refractivity (Wildman–Crippen MR) is 83.0 cm³/mol. The van der Waals surface area contributed by atoms with Crippen molar-refractivity contribution in [2.24, 2.45) is 11.5 Å². The second-order valence-electron chi connectivity index (χ2n) is 4.38. The van der Waals surface area contributed by atoms with Crippen molar-refractivity contribution in [1.29, 1.82) is 0 Å². The third kappa shape index (κ3) is 4.80. The third-order valence-electron chi connectivity index (χ3n) is 2.98. The lowest BCUT2D eigenvalue weighted by Crippen LogP contribution is -2.16. The van der Waals surface area contributed by atoms with Gasteiger partial charge < -0.3 is 16.8 Å². The van der Waals surface area contributed by atoms with Crippen LogP contribution in [-0.2, 0) is 0 Å². The molecule has 1 aromatic rings. The molecule has 0 aliphatic carbocycles. The van der Waals surface area contributed by atoms with E-state index >= 15 is 0 Å². The summed E-state index contributed by atoms with van der Waals surface area (Å²) in [4.78, 5) is 0. The number of allylic oxidation sites excluding steroid dienone is 1. The van der Waals surface area contributed by atoms with Gasteiger partial charge in [0.2, 0.25) is 0 Å². The van der Waals surface area contributed by atoms with Gasteiger partial charge in [0.15, 0.2) is 0 Å². The van der Waals surface area contributed by atoms with Crippen molar-refractivity contribution >= 4 is 11.6 Å². The van der Waals surface area contributed by atoms with Crippen molar-refractivity contribution in [3.05, 3.63) is 59.7 Å². The Morgan fingerprint density at radius 2 is 2.00 bits per heavy atom. The summed E-state index contributed by atoms with van der Waals surface area (Å²) in [7, 11) is 1.90. The van der Waals surface area contributed by atoms with Crippen LogP contribution in [0.1, 0.15) is 29.1 Å². The summed E-state index contributed by atoms with van der Waals surface area (Å²) >= 11 is 5.98. The molecule has 0 bridgehead atoms. The van der Waals surface area contributed by atoms with Crippen molar-refractivity contribution in [1.82, 2.24) is 5.32 Å². The minimum absolute atomic E-state index is 0.137. The number of nitrogens with one attached hydrogen (secondary N) is 1. The second kappa shape index (κ2) is 8.12. The second-order valence-corrected chi connectivity index (χ2v) is 4.85. The molecule has 0 radical (unpaired) electrons. The summed E-state index contributed by atoms with van der Waals surface area (Å²) in [5.74, 6) is 0. The summed E-state index contributed by atoms with van der Waals surface area (Å²) in [5.41, 5.74) is 14.5. The molecule has 4 heteroatoms. The number of hydrogen-bond donors (Lipinski definition) is 3. The van der Waals surface area contributed by atoms with Crippen molar-refractivity contribution in [2.75, 3.05) is 13.6 Å². The zero-order valence-corrected chi connectivity index (χ0v) is 12.0. The fraction of sp³-hybridized carbons (Fsp3) is 0.333. The fourth-order valence-corrected chi connectivity index (χ4v) is 2.15. The lowest BCUT2D eigenvalue weighted by atomic mass is 9.95. The minimum Gasteiger partial charge on any atom is -0.324 e. The van der Waals surface area contributed by atoms with Gasteiger partial charge >= 0.3 is 0 Å². The zero-order valence-electron chi connectivity index (χ0n) is 11.3. The Kier molecular flexibility index (Phi) is 6.81. The summed E-state index contributed by atoms with van der Waals surface area (Å²) in [6.45, 7) is 4.61. The maximum Gasteiger partial charge on any atom is 0.106 e. The highest BCUT2D eigenvalue weighted by Crippen LogP contribution is 2.27. The maximum atomic E-state index is 6.26. The van der Waals surface area contributed by atoms with Gasteiger partial charge in [-0.05, 0) is 30.2 Å². The van der Waals surface area contributed by atoms with E-state index in [4.69, 9.17) is 23.1 Å². The maximum absolute atomic E-state index is 6.26. The van der Waals surface area contributed by atoms with Crippen LogP contribution in [0.25, 0.3) is 0 Å². The highest BCUT2D eigenvalue weighted by molar-refractivity contribution is 6.20. The average Bonchev–Trinajstić information content (AvgIpc) is 2.43. The normalized spacial score (nSPS) is 15.1. The van der Waals surface area contributed by atoms with Gasteiger partial charge in [0.1, 0.15) is 5.50 Å². The zero-order chi connectivity index (χ0) is 14.3. The summed E-state index contributed by atoms with van der Waals surface area (Å²) in [6, 6.07) is 7.61. The van der Waals surface area contributed by atoms with Gasteiger partial charge in [-0.15, -0.1) is 11.6 Å². The number of hydrogen-bond acceptors (Lipinski definition) is 3. The van der Waals surface area contributed by atoms with Crippen LogP contribution in [0.15, 0.2) is 48.6 Å². The van der Waals surface area contributed by atoms with Crippen molar-refractivity contribution in [2.45, 2.75) is 18.0 Å². The van der Waals surface area contributed by atoms with Crippen LogP contribution in [-0.4, -0.2) is 13.6 Å². The lowest BCUT2D eigenvalue weighted by Gasteiger charge is -2.18. The molecule has 0 saturated heterocycles. The third-order valence-corrected chi connectivity index (χ3v) is 3.21. The number of benzene rings is 1. The van der Waals surface area contributed by atoms with Gasteiger partial charge in [-0.2, -0.15) is 0 Å². The van der Waals surface area contributed by atoms with Crippen LogP contribution >= 0.6 is 11.6 Å². The molecule has 0 heterocycles. The van der Waals surface area contributed by atoms with Crippen LogP contribution in [0.4, 0.5) is 0 Å². The molecule has 0 saturated carbocycles. The van der Waals surface area contributed by atoms with E-state index < -0.39 is 5.50 Å². The van der Waals surface area contributed by atoms with Crippen LogP contribution in [0.3, 0.4) is 0 Å². The molecule has 19 heavy (non-hydrogen) atoms. The van der Waals surface area contributed by atoms with Crippen molar-refractivity contribution in [3.63, 3.8) is 0 Å². The molecule has 3 nitrogen and oxygen atoms in total. The minimum atomic E-state index is -0.532. The highest BCUT2D eigenvalue weighted by atomic mass is 35.5. The van der Waals surface area contributed by atoms with E-state index in [1.165, 1.54) is 0 Å². The first-order valence-electron chi connectivity index (χ1n) is 6.30. The first-order chi connectivity index (χ1) is 9.10. The van der Waals surface area contributed by atoms with Gasteiger partial charge in [-0.3, -0.25) is 0 Å². The van der Waals surface area contributed by atoms with Gasteiger partial charge in [-0.25, -0.2) is 0 Å². The number of halogens is 1. The largest absolute Gasteiger partial charge is 0.324 e. The van der Waals surface area contributed by atoms with E-state index in [-0.39, 0.29) is 6.04 Å². The van der Waals surface area contributed by atoms with E-state index in [0.717, 1.165) is 23.2 Å². The lowest BCUT2D eigenvalue weighted by molar-refractivity contribution is 0.708. The Morgan fingerprint density at radius 1 is 1.37 bits per heavy atom. The van der Waals surface area contributed by atoms with Crippen LogP contribution < -0.4 is 16.8 Å². The summed E-state index contributed by atoms with van der Waals surface area (Å²) in [6.07, 6.45) is 4.63. The van der Waals surface area contributed by atoms with Crippen LogP contribution in [0, 0.1) is 0 Å². The van der Waals surface area contributed by atoms with Gasteiger partial charge in [-0.1, -0.05) is 43.0 Å². The standard InChI is InChI=1S/C15H22ClN3/c1-3-11(8-9-19-2)10-14(17)12-6-4-5-7-13(12)15(16)18/h3-8,14-15,19H,1,9-10,17-18H2,2H3/b11-8+. The monoisotopic (exact) mass is 279 g/mol. The Bertz CT molecular complexity index is 441. The topological polar surface area (TPSA) is 64.1 Å². The van der Waals surface area contributed by atoms with E-state index in [1.807, 2.05) is 37.4 Å². The van der Waals surface area contributed by atoms with Gasteiger partial charge in [0.25, 0.3) is 0 Å². The molecule has 0 spiro atoms. The molecule has 0 aliphatic heterocycles. The van der Waals surface area contributed by atoms with Crippen LogP contribution in [0.5, 0.6) is 0 Å². The summed E-state index contributed by atoms with van der Waals surface area (Å²) < 4.78 is 0.